The number of alkyl halides is 1. The maximum absolute atomic E-state index is 14.3. The van der Waals surface area contributed by atoms with Crippen LogP contribution in [0.15, 0.2) is 24.0 Å². The molecule has 0 fully saturated rings. The number of nitrogens with one attached hydrogen (secondary N) is 1. The number of halogens is 1. The van der Waals surface area contributed by atoms with Crippen molar-refractivity contribution in [3.63, 3.8) is 0 Å². The van der Waals surface area contributed by atoms with E-state index in [9.17, 15) is 9.18 Å². The maximum atomic E-state index is 14.3. The second-order valence-corrected chi connectivity index (χ2v) is 6.99. The number of hydrogen-bond donors (Lipinski definition) is 1. The molecule has 1 N–H and O–H groups in total. The molecule has 0 aliphatic carbocycles. The zero-order valence-corrected chi connectivity index (χ0v) is 14.2. The molecule has 1 amide bonds. The van der Waals surface area contributed by atoms with Gasteiger partial charge in [0.1, 0.15) is 0 Å². The topological polar surface area (TPSA) is 44.2 Å². The molecule has 0 saturated heterocycles. The molecular weight excluding hydrogens is 298 g/mol. The first-order valence-corrected chi connectivity index (χ1v) is 8.79. The van der Waals surface area contributed by atoms with E-state index >= 15 is 0 Å². The van der Waals surface area contributed by atoms with Crippen molar-refractivity contribution in [2.75, 3.05) is 11.1 Å². The molecule has 3 nitrogen and oxygen atoms in total. The molecule has 0 spiro atoms. The van der Waals surface area contributed by atoms with Crippen LogP contribution in [0.2, 0.25) is 0 Å². The van der Waals surface area contributed by atoms with Crippen LogP contribution >= 0.6 is 8.58 Å². The summed E-state index contributed by atoms with van der Waals surface area (Å²) in [6, 6.07) is 5.66. The Labute approximate surface area is 132 Å². The average Bonchev–Trinajstić information content (AvgIpc) is 2.49. The Hall–Kier alpha value is -1.54. The molecule has 0 saturated carbocycles. The van der Waals surface area contributed by atoms with Crippen molar-refractivity contribution in [3.05, 3.63) is 35.1 Å². The van der Waals surface area contributed by atoms with Crippen LogP contribution in [0.4, 0.5) is 10.1 Å². The predicted molar refractivity (Wildman–Crippen MR) is 93.0 cm³/mol. The Morgan fingerprint density at radius 1 is 1.55 bits per heavy atom. The van der Waals surface area contributed by atoms with Crippen molar-refractivity contribution in [2.45, 2.75) is 33.5 Å². The van der Waals surface area contributed by atoms with Gasteiger partial charge in [-0.05, 0) is 41.4 Å². The molecule has 2 rings (SSSR count). The van der Waals surface area contributed by atoms with E-state index < -0.39 is 6.30 Å². The van der Waals surface area contributed by atoms with Crippen molar-refractivity contribution < 1.29 is 9.18 Å². The maximum Gasteiger partial charge on any atom is 0.226 e. The van der Waals surface area contributed by atoms with Crippen molar-refractivity contribution in [2.24, 2.45) is 5.92 Å². The Bertz CT molecular complexity index is 615. The van der Waals surface area contributed by atoms with E-state index in [1.54, 1.807) is 6.07 Å². The van der Waals surface area contributed by atoms with E-state index in [0.29, 0.717) is 20.7 Å². The highest BCUT2D eigenvalue weighted by atomic mass is 31.1. The van der Waals surface area contributed by atoms with Crippen molar-refractivity contribution in [3.8, 4) is 0 Å². The molecule has 1 aromatic rings. The smallest absolute Gasteiger partial charge is 0.226 e. The molecule has 0 radical (unpaired) electrons. The summed E-state index contributed by atoms with van der Waals surface area (Å²) in [4.78, 5) is 13.0. The van der Waals surface area contributed by atoms with E-state index in [-0.39, 0.29) is 11.8 Å². The first kappa shape index (κ1) is 16.8. The number of nitrogens with zero attached hydrogens (tertiary/aromatic N) is 1. The summed E-state index contributed by atoms with van der Waals surface area (Å²) in [6.45, 7) is 5.33. The lowest BCUT2D eigenvalue weighted by Gasteiger charge is -2.36. The van der Waals surface area contributed by atoms with Crippen LogP contribution in [0, 0.1) is 11.3 Å². The number of hydrogen-bond acceptors (Lipinski definition) is 2. The third-order valence-corrected chi connectivity index (χ3v) is 4.81. The molecule has 5 heteroatoms. The molecule has 0 bridgehead atoms. The minimum absolute atomic E-state index is 0.225. The lowest BCUT2D eigenvalue weighted by atomic mass is 9.90. The van der Waals surface area contributed by atoms with Crippen molar-refractivity contribution >= 4 is 32.0 Å². The third-order valence-electron chi connectivity index (χ3n) is 3.89. The quantitative estimate of drug-likeness (QED) is 0.504. The number of carbonyl (C=O) groups is 1. The van der Waals surface area contributed by atoms with E-state index in [0.717, 1.165) is 22.9 Å². The van der Waals surface area contributed by atoms with Gasteiger partial charge in [-0.2, -0.15) is 0 Å². The van der Waals surface area contributed by atoms with E-state index in [1.165, 1.54) is 18.0 Å². The minimum Gasteiger partial charge on any atom is -0.308 e. The van der Waals surface area contributed by atoms with Crippen LogP contribution in [0.3, 0.4) is 0 Å². The SMILES string of the molecule is CCP/C=C(\C=N)c1ccc2c(c1)CC(C)[C@H](F)N2C(C)=O. The van der Waals surface area contributed by atoms with Gasteiger partial charge in [-0.25, -0.2) is 4.39 Å². The first-order valence-electron chi connectivity index (χ1n) is 7.50. The van der Waals surface area contributed by atoms with Crippen LogP contribution in [-0.2, 0) is 11.2 Å². The number of amides is 1. The van der Waals surface area contributed by atoms with Gasteiger partial charge in [0.25, 0.3) is 0 Å². The second kappa shape index (κ2) is 7.15. The van der Waals surface area contributed by atoms with Gasteiger partial charge in [-0.3, -0.25) is 9.69 Å². The highest BCUT2D eigenvalue weighted by Gasteiger charge is 2.34. The highest BCUT2D eigenvalue weighted by molar-refractivity contribution is 7.42. The fraction of sp³-hybridized carbons (Fsp3) is 0.412. The standard InChI is InChI=1S/C17H22FN2OP/c1-4-22-10-15(9-19)13-5-6-16-14(8-13)7-11(2)17(18)20(16)12(3)21/h5-6,8-11,17,19,22H,4,7H2,1-3H3/b15-10+,19-9?/t11?,17-/m1/s1. The number of benzene rings is 1. The number of rotatable bonds is 4. The van der Waals surface area contributed by atoms with Crippen molar-refractivity contribution in [1.29, 1.82) is 5.41 Å². The van der Waals surface area contributed by atoms with Crippen molar-refractivity contribution in [1.82, 2.24) is 0 Å². The van der Waals surface area contributed by atoms with Gasteiger partial charge in [0.05, 0.1) is 0 Å². The molecule has 1 heterocycles. The van der Waals surface area contributed by atoms with E-state index in [4.69, 9.17) is 5.41 Å². The fourth-order valence-electron chi connectivity index (χ4n) is 2.76. The second-order valence-electron chi connectivity index (χ2n) is 5.59. The number of anilines is 1. The molecule has 3 atom stereocenters. The van der Waals surface area contributed by atoms with Crippen LogP contribution in [0.5, 0.6) is 0 Å². The summed E-state index contributed by atoms with van der Waals surface area (Å²) in [5.74, 6) is 1.57. The molecule has 0 aromatic heterocycles. The van der Waals surface area contributed by atoms with Crippen LogP contribution in [0.25, 0.3) is 5.57 Å². The van der Waals surface area contributed by atoms with Gasteiger partial charge >= 0.3 is 0 Å². The largest absolute Gasteiger partial charge is 0.308 e. The van der Waals surface area contributed by atoms with Crippen LogP contribution < -0.4 is 4.90 Å². The molecule has 118 valence electrons. The van der Waals surface area contributed by atoms with Gasteiger partial charge in [-0.1, -0.05) is 34.3 Å². The average molecular weight is 320 g/mol. The lowest BCUT2D eigenvalue weighted by Crippen LogP contribution is -2.44. The molecule has 2 unspecified atom stereocenters. The summed E-state index contributed by atoms with van der Waals surface area (Å²) in [7, 11) is 0.681. The predicted octanol–water partition coefficient (Wildman–Crippen LogP) is 4.22. The number of allylic oxidation sites excluding steroid dienone is 1. The molecule has 1 aliphatic heterocycles. The minimum atomic E-state index is -1.27. The lowest BCUT2D eigenvalue weighted by molar-refractivity contribution is -0.118. The summed E-state index contributed by atoms with van der Waals surface area (Å²) in [5, 5.41) is 7.58. The van der Waals surface area contributed by atoms with E-state index in [2.05, 4.69) is 12.7 Å². The normalized spacial score (nSPS) is 22.0. The summed E-state index contributed by atoms with van der Waals surface area (Å²) >= 11 is 0. The molecule has 1 aliphatic rings. The Morgan fingerprint density at radius 2 is 2.27 bits per heavy atom. The molecule has 22 heavy (non-hydrogen) atoms. The zero-order valence-electron chi connectivity index (χ0n) is 13.2. The van der Waals surface area contributed by atoms with Gasteiger partial charge in [0.2, 0.25) is 5.91 Å². The monoisotopic (exact) mass is 320 g/mol. The zero-order chi connectivity index (χ0) is 16.3. The van der Waals surface area contributed by atoms with Gasteiger partial charge in [0.15, 0.2) is 6.30 Å². The highest BCUT2D eigenvalue weighted by Crippen LogP contribution is 2.36. The summed E-state index contributed by atoms with van der Waals surface area (Å²) < 4.78 is 14.3. The molecular formula is C17H22FN2OP. The summed E-state index contributed by atoms with van der Waals surface area (Å²) in [5.41, 5.74) is 3.47. The van der Waals surface area contributed by atoms with Crippen LogP contribution in [-0.4, -0.2) is 24.6 Å². The fourth-order valence-corrected chi connectivity index (χ4v) is 3.43. The van der Waals surface area contributed by atoms with Gasteiger partial charge in [-0.15, -0.1) is 0 Å². The van der Waals surface area contributed by atoms with Crippen LogP contribution in [0.1, 0.15) is 31.9 Å². The number of carbonyl (C=O) groups excluding carboxylic acids is 1. The molecule has 1 aromatic carbocycles. The Balaban J connectivity index is 2.45. The third kappa shape index (κ3) is 3.27. The Kier molecular flexibility index (Phi) is 5.47. The van der Waals surface area contributed by atoms with E-state index in [1.807, 2.05) is 19.1 Å². The summed E-state index contributed by atoms with van der Waals surface area (Å²) in [6.07, 6.45) is 1.75. The first-order chi connectivity index (χ1) is 10.5. The number of fused-ring (bicyclic) bond motifs is 1. The Morgan fingerprint density at radius 3 is 2.86 bits per heavy atom. The van der Waals surface area contributed by atoms with Gasteiger partial charge < -0.3 is 5.41 Å². The van der Waals surface area contributed by atoms with Gasteiger partial charge in [0, 0.05) is 24.7 Å².